The second kappa shape index (κ2) is 3.21. The number of nitrogens with two attached hydrogens (primary N) is 1. The molecule has 60 valence electrons. The van der Waals surface area contributed by atoms with Gasteiger partial charge in [-0.15, -0.1) is 0 Å². The second-order valence-corrected chi connectivity index (χ2v) is 2.20. The Morgan fingerprint density at radius 2 is 2.55 bits per heavy atom. The molecule has 11 heavy (non-hydrogen) atoms. The van der Waals surface area contributed by atoms with Gasteiger partial charge in [0.15, 0.2) is 0 Å². The van der Waals surface area contributed by atoms with E-state index in [2.05, 4.69) is 10.3 Å². The lowest BCUT2D eigenvalue weighted by Gasteiger charge is -1.92. The molecule has 1 amide bonds. The topological polar surface area (TPSA) is 70.9 Å². The van der Waals surface area contributed by atoms with Gasteiger partial charge in [-0.2, -0.15) is 0 Å². The molecule has 0 unspecified atom stereocenters. The number of hydrogen-bond donors (Lipinski definition) is 3. The summed E-state index contributed by atoms with van der Waals surface area (Å²) in [5.41, 5.74) is 6.84. The number of rotatable bonds is 2. The van der Waals surface area contributed by atoms with Gasteiger partial charge in [0.1, 0.15) is 5.69 Å². The van der Waals surface area contributed by atoms with Gasteiger partial charge in [-0.25, -0.2) is 0 Å². The van der Waals surface area contributed by atoms with Crippen molar-refractivity contribution >= 4 is 5.91 Å². The molecule has 0 fully saturated rings. The number of amides is 1. The fourth-order valence-electron chi connectivity index (χ4n) is 0.823. The van der Waals surface area contributed by atoms with E-state index in [1.807, 2.05) is 0 Å². The molecule has 1 heterocycles. The van der Waals surface area contributed by atoms with Crippen LogP contribution in [0.4, 0.5) is 0 Å². The van der Waals surface area contributed by atoms with Crippen LogP contribution in [-0.4, -0.2) is 17.9 Å². The highest BCUT2D eigenvalue weighted by atomic mass is 16.1. The molecule has 4 heteroatoms. The minimum atomic E-state index is -0.121. The highest BCUT2D eigenvalue weighted by molar-refractivity contribution is 5.92. The molecule has 1 aromatic rings. The summed E-state index contributed by atoms with van der Waals surface area (Å²) in [6, 6.07) is 1.73. The molecule has 0 aliphatic carbocycles. The lowest BCUT2D eigenvalue weighted by atomic mass is 10.3. The molecule has 0 spiro atoms. The van der Waals surface area contributed by atoms with Crippen molar-refractivity contribution < 1.29 is 4.79 Å². The van der Waals surface area contributed by atoms with Gasteiger partial charge in [-0.05, 0) is 11.6 Å². The normalized spacial score (nSPS) is 9.64. The number of carbonyl (C=O) groups excluding carboxylic acids is 1. The van der Waals surface area contributed by atoms with Gasteiger partial charge in [0.05, 0.1) is 0 Å². The fourth-order valence-corrected chi connectivity index (χ4v) is 0.823. The summed E-state index contributed by atoms with van der Waals surface area (Å²) < 4.78 is 0. The molecular formula is C7H11N3O. The van der Waals surface area contributed by atoms with Crippen molar-refractivity contribution in [1.29, 1.82) is 0 Å². The van der Waals surface area contributed by atoms with E-state index >= 15 is 0 Å². The van der Waals surface area contributed by atoms with Crippen molar-refractivity contribution in [3.63, 3.8) is 0 Å². The number of nitrogens with one attached hydrogen (secondary N) is 2. The molecule has 0 aliphatic rings. The van der Waals surface area contributed by atoms with Gasteiger partial charge in [0.25, 0.3) is 5.91 Å². The Morgan fingerprint density at radius 3 is 3.00 bits per heavy atom. The van der Waals surface area contributed by atoms with E-state index in [-0.39, 0.29) is 5.91 Å². The summed E-state index contributed by atoms with van der Waals surface area (Å²) >= 11 is 0. The van der Waals surface area contributed by atoms with Crippen LogP contribution in [0, 0.1) is 0 Å². The number of hydrogen-bond acceptors (Lipinski definition) is 2. The molecule has 4 nitrogen and oxygen atoms in total. The molecule has 0 aliphatic heterocycles. The predicted octanol–water partition coefficient (Wildman–Crippen LogP) is -0.167. The molecular weight excluding hydrogens is 142 g/mol. The van der Waals surface area contributed by atoms with Crippen molar-refractivity contribution in [2.24, 2.45) is 5.73 Å². The number of aromatic nitrogens is 1. The van der Waals surface area contributed by atoms with Crippen LogP contribution in [0.3, 0.4) is 0 Å². The maximum atomic E-state index is 11.0. The standard InChI is InChI=1S/C7H11N3O/c1-9-7(11)6-2-5(3-8)4-10-6/h2,4,10H,3,8H2,1H3,(H,9,11). The first-order valence-electron chi connectivity index (χ1n) is 3.37. The lowest BCUT2D eigenvalue weighted by molar-refractivity contribution is 0.0959. The van der Waals surface area contributed by atoms with E-state index in [9.17, 15) is 4.79 Å². The van der Waals surface area contributed by atoms with Crippen LogP contribution in [0.2, 0.25) is 0 Å². The third-order valence-electron chi connectivity index (χ3n) is 1.45. The maximum Gasteiger partial charge on any atom is 0.267 e. The molecule has 0 atom stereocenters. The molecule has 1 rings (SSSR count). The zero-order valence-electron chi connectivity index (χ0n) is 6.35. The van der Waals surface area contributed by atoms with Crippen molar-refractivity contribution in [3.05, 3.63) is 23.5 Å². The van der Waals surface area contributed by atoms with Crippen LogP contribution >= 0.6 is 0 Å². The van der Waals surface area contributed by atoms with Gasteiger partial charge in [-0.3, -0.25) is 4.79 Å². The zero-order valence-corrected chi connectivity index (χ0v) is 6.35. The molecule has 0 saturated carbocycles. The van der Waals surface area contributed by atoms with E-state index < -0.39 is 0 Å². The summed E-state index contributed by atoms with van der Waals surface area (Å²) in [5.74, 6) is -0.121. The molecule has 0 bridgehead atoms. The number of H-pyrrole nitrogens is 1. The van der Waals surface area contributed by atoms with Gasteiger partial charge in [0.2, 0.25) is 0 Å². The first kappa shape index (κ1) is 7.81. The Morgan fingerprint density at radius 1 is 1.82 bits per heavy atom. The van der Waals surface area contributed by atoms with Crippen LogP contribution in [0.1, 0.15) is 16.1 Å². The highest BCUT2D eigenvalue weighted by Crippen LogP contribution is 2.01. The van der Waals surface area contributed by atoms with Crippen LogP contribution in [0.25, 0.3) is 0 Å². The van der Waals surface area contributed by atoms with E-state index in [1.54, 1.807) is 19.3 Å². The average Bonchev–Trinajstić information content (AvgIpc) is 2.50. The minimum absolute atomic E-state index is 0.121. The largest absolute Gasteiger partial charge is 0.357 e. The van der Waals surface area contributed by atoms with Crippen LogP contribution in [-0.2, 0) is 6.54 Å². The Bertz CT molecular complexity index is 254. The minimum Gasteiger partial charge on any atom is -0.357 e. The third-order valence-corrected chi connectivity index (χ3v) is 1.45. The molecule has 0 radical (unpaired) electrons. The Labute approximate surface area is 64.8 Å². The van der Waals surface area contributed by atoms with Crippen molar-refractivity contribution in [2.75, 3.05) is 7.05 Å². The highest BCUT2D eigenvalue weighted by Gasteiger charge is 2.04. The van der Waals surface area contributed by atoms with Gasteiger partial charge in [0, 0.05) is 19.8 Å². The Hall–Kier alpha value is -1.29. The van der Waals surface area contributed by atoms with Crippen molar-refractivity contribution in [1.82, 2.24) is 10.3 Å². The van der Waals surface area contributed by atoms with Crippen molar-refractivity contribution in [3.8, 4) is 0 Å². The first-order chi connectivity index (χ1) is 5.27. The van der Waals surface area contributed by atoms with Gasteiger partial charge >= 0.3 is 0 Å². The molecule has 0 aromatic carbocycles. The Kier molecular flexibility index (Phi) is 2.28. The molecule has 4 N–H and O–H groups in total. The molecule has 1 aromatic heterocycles. The first-order valence-corrected chi connectivity index (χ1v) is 3.37. The van der Waals surface area contributed by atoms with E-state index in [0.29, 0.717) is 12.2 Å². The number of carbonyl (C=O) groups is 1. The van der Waals surface area contributed by atoms with Gasteiger partial charge < -0.3 is 16.0 Å². The summed E-state index contributed by atoms with van der Waals surface area (Å²) in [6.07, 6.45) is 1.73. The summed E-state index contributed by atoms with van der Waals surface area (Å²) in [7, 11) is 1.59. The Balaban J connectivity index is 2.80. The SMILES string of the molecule is CNC(=O)c1cc(CN)c[nH]1. The third kappa shape index (κ3) is 1.59. The van der Waals surface area contributed by atoms with Crippen LogP contribution < -0.4 is 11.1 Å². The second-order valence-electron chi connectivity index (χ2n) is 2.20. The molecule has 0 saturated heterocycles. The summed E-state index contributed by atoms with van der Waals surface area (Å²) in [6.45, 7) is 0.452. The summed E-state index contributed by atoms with van der Waals surface area (Å²) in [5, 5.41) is 2.51. The van der Waals surface area contributed by atoms with E-state index in [0.717, 1.165) is 5.56 Å². The van der Waals surface area contributed by atoms with Gasteiger partial charge in [-0.1, -0.05) is 0 Å². The van der Waals surface area contributed by atoms with Crippen LogP contribution in [0.5, 0.6) is 0 Å². The van der Waals surface area contributed by atoms with Crippen molar-refractivity contribution in [2.45, 2.75) is 6.54 Å². The van der Waals surface area contributed by atoms with E-state index in [4.69, 9.17) is 5.73 Å². The van der Waals surface area contributed by atoms with E-state index in [1.165, 1.54) is 0 Å². The number of aromatic amines is 1. The zero-order chi connectivity index (χ0) is 8.27. The predicted molar refractivity (Wildman–Crippen MR) is 42.1 cm³/mol. The average molecular weight is 153 g/mol. The lowest BCUT2D eigenvalue weighted by Crippen LogP contribution is -2.17. The smallest absolute Gasteiger partial charge is 0.267 e. The fraction of sp³-hybridized carbons (Fsp3) is 0.286. The maximum absolute atomic E-state index is 11.0. The quantitative estimate of drug-likeness (QED) is 0.552. The summed E-state index contributed by atoms with van der Waals surface area (Å²) in [4.78, 5) is 13.8. The van der Waals surface area contributed by atoms with Crippen LogP contribution in [0.15, 0.2) is 12.3 Å². The monoisotopic (exact) mass is 153 g/mol.